The number of carbonyl (C=O) groups excluding carboxylic acids is 2. The third-order valence-corrected chi connectivity index (χ3v) is 6.98. The van der Waals surface area contributed by atoms with Gasteiger partial charge in [-0.15, -0.1) is 0 Å². The molecule has 2 rings (SSSR count). The number of nitrogens with two attached hydrogens (primary N) is 1. The molecule has 0 aliphatic rings. The van der Waals surface area contributed by atoms with Crippen molar-refractivity contribution in [1.82, 2.24) is 15.2 Å². The lowest BCUT2D eigenvalue weighted by molar-refractivity contribution is -0.140. The number of fused-ring (bicyclic) bond motifs is 1. The Bertz CT molecular complexity index is 1140. The highest BCUT2D eigenvalue weighted by Gasteiger charge is 2.41. The van der Waals surface area contributed by atoms with Gasteiger partial charge in [-0.1, -0.05) is 72.7 Å². The van der Waals surface area contributed by atoms with Crippen molar-refractivity contribution in [3.05, 3.63) is 47.7 Å². The Labute approximate surface area is 214 Å². The summed E-state index contributed by atoms with van der Waals surface area (Å²) in [5.74, 6) is -1.80. The fourth-order valence-corrected chi connectivity index (χ4v) is 4.41. The number of H-pyrrole nitrogens is 1. The quantitative estimate of drug-likeness (QED) is 0.391. The summed E-state index contributed by atoms with van der Waals surface area (Å²) in [5, 5.41) is 13.2. The number of aromatic amines is 1. The molecule has 1 heterocycles. The lowest BCUT2D eigenvalue weighted by Gasteiger charge is -2.39. The van der Waals surface area contributed by atoms with Crippen molar-refractivity contribution < 1.29 is 19.5 Å². The van der Waals surface area contributed by atoms with Gasteiger partial charge >= 0.3 is 5.97 Å². The Morgan fingerprint density at radius 3 is 2.22 bits per heavy atom. The van der Waals surface area contributed by atoms with Crippen molar-refractivity contribution in [3.63, 3.8) is 0 Å². The van der Waals surface area contributed by atoms with Crippen LogP contribution in [0.5, 0.6) is 0 Å². The van der Waals surface area contributed by atoms with Crippen LogP contribution in [0, 0.1) is 11.3 Å². The number of aliphatic carboxylic acids is 1. The zero-order chi connectivity index (χ0) is 27.6. The van der Waals surface area contributed by atoms with Crippen molar-refractivity contribution in [1.29, 1.82) is 0 Å². The van der Waals surface area contributed by atoms with Crippen molar-refractivity contribution in [3.8, 4) is 0 Å². The number of carboxylic acid groups (broad SMARTS) is 1. The van der Waals surface area contributed by atoms with Gasteiger partial charge in [0.15, 0.2) is 0 Å². The summed E-state index contributed by atoms with van der Waals surface area (Å²) >= 11 is 0. The van der Waals surface area contributed by atoms with Crippen molar-refractivity contribution >= 4 is 28.7 Å². The normalized spacial score (nSPS) is 15.5. The van der Waals surface area contributed by atoms with E-state index in [9.17, 15) is 19.5 Å². The van der Waals surface area contributed by atoms with Gasteiger partial charge in [-0.05, 0) is 29.9 Å². The van der Waals surface area contributed by atoms with Crippen LogP contribution in [0.25, 0.3) is 10.9 Å². The highest BCUT2D eigenvalue weighted by Crippen LogP contribution is 2.33. The van der Waals surface area contributed by atoms with Crippen molar-refractivity contribution in [2.75, 3.05) is 7.05 Å². The molecule has 0 radical (unpaired) electrons. The van der Waals surface area contributed by atoms with Gasteiger partial charge < -0.3 is 26.0 Å². The fraction of sp³-hybridized carbons (Fsp3) is 0.536. The van der Waals surface area contributed by atoms with E-state index in [1.807, 2.05) is 78.9 Å². The van der Waals surface area contributed by atoms with E-state index in [0.29, 0.717) is 0 Å². The van der Waals surface area contributed by atoms with Gasteiger partial charge in [-0.25, -0.2) is 4.79 Å². The molecule has 3 atom stereocenters. The van der Waals surface area contributed by atoms with E-state index in [2.05, 4.69) is 10.3 Å². The maximum absolute atomic E-state index is 13.7. The highest BCUT2D eigenvalue weighted by atomic mass is 16.4. The van der Waals surface area contributed by atoms with Crippen LogP contribution < -0.4 is 11.1 Å². The van der Waals surface area contributed by atoms with Crippen LogP contribution in [-0.4, -0.2) is 57.9 Å². The lowest BCUT2D eigenvalue weighted by Crippen LogP contribution is -2.61. The molecule has 0 bridgehead atoms. The number of likely N-dealkylation sites (N-methyl/N-ethyl adjacent to an activating group) is 1. The first-order chi connectivity index (χ1) is 16.5. The molecule has 2 aromatic rings. The third kappa shape index (κ3) is 6.16. The molecule has 0 unspecified atom stereocenters. The van der Waals surface area contributed by atoms with Crippen molar-refractivity contribution in [2.24, 2.45) is 17.1 Å². The average Bonchev–Trinajstić information content (AvgIpc) is 3.23. The molecule has 0 saturated heterocycles. The second-order valence-corrected chi connectivity index (χ2v) is 11.6. The van der Waals surface area contributed by atoms with Crippen LogP contribution in [0.4, 0.5) is 0 Å². The van der Waals surface area contributed by atoms with E-state index in [1.165, 1.54) is 11.8 Å². The predicted molar refractivity (Wildman–Crippen MR) is 143 cm³/mol. The smallest absolute Gasteiger partial charge is 0.331 e. The first kappa shape index (κ1) is 29.1. The van der Waals surface area contributed by atoms with Crippen LogP contribution in [0.3, 0.4) is 0 Å². The molecule has 1 aromatic carbocycles. The molecule has 2 amide bonds. The van der Waals surface area contributed by atoms with Crippen LogP contribution in [0.1, 0.15) is 61.0 Å². The van der Waals surface area contributed by atoms with E-state index in [-0.39, 0.29) is 17.4 Å². The zero-order valence-corrected chi connectivity index (χ0v) is 23.0. The molecule has 0 spiro atoms. The standard InChI is InChI=1S/C28H42N4O4/c1-16(2)21(14-17(3)26(35)36)32(9)25(34)23(27(4,5)6)31-24(33)22(29)28(7,8)19-15-30-20-13-11-10-12-18(19)20/h10-16,21-23,30H,29H2,1-9H3,(H,31,33)(H,35,36)/t21-,22-,23-/m1/s1. The van der Waals surface area contributed by atoms with Gasteiger partial charge in [0.25, 0.3) is 0 Å². The first-order valence-corrected chi connectivity index (χ1v) is 12.3. The van der Waals surface area contributed by atoms with Crippen LogP contribution in [0.15, 0.2) is 42.1 Å². The molecule has 8 heteroatoms. The number of para-hydroxylation sites is 1. The van der Waals surface area contributed by atoms with Gasteiger partial charge in [0.2, 0.25) is 11.8 Å². The predicted octanol–water partition coefficient (Wildman–Crippen LogP) is 3.82. The van der Waals surface area contributed by atoms with Gasteiger partial charge in [-0.3, -0.25) is 9.59 Å². The fourth-order valence-electron chi connectivity index (χ4n) is 4.41. The molecule has 8 nitrogen and oxygen atoms in total. The number of nitrogens with one attached hydrogen (secondary N) is 2. The number of hydrogen-bond acceptors (Lipinski definition) is 4. The molecule has 5 N–H and O–H groups in total. The molecule has 36 heavy (non-hydrogen) atoms. The second kappa shape index (κ2) is 10.9. The number of carbonyl (C=O) groups is 3. The highest BCUT2D eigenvalue weighted by molar-refractivity contribution is 5.93. The molecule has 0 aliphatic carbocycles. The zero-order valence-electron chi connectivity index (χ0n) is 23.0. The summed E-state index contributed by atoms with van der Waals surface area (Å²) < 4.78 is 0. The van der Waals surface area contributed by atoms with E-state index >= 15 is 0 Å². The van der Waals surface area contributed by atoms with Gasteiger partial charge in [0, 0.05) is 35.1 Å². The SMILES string of the molecule is CC(=C[C@H](C(C)C)N(C)C(=O)[C@@H](NC(=O)[C@@H](N)C(C)(C)c1c[nH]c2ccccc12)C(C)(C)C)C(=O)O. The van der Waals surface area contributed by atoms with Crippen LogP contribution in [0.2, 0.25) is 0 Å². The minimum absolute atomic E-state index is 0.0346. The van der Waals surface area contributed by atoms with Gasteiger partial charge in [-0.2, -0.15) is 0 Å². The third-order valence-electron chi connectivity index (χ3n) is 6.98. The number of nitrogens with zero attached hydrogens (tertiary/aromatic N) is 1. The summed E-state index contributed by atoms with van der Waals surface area (Å²) in [6, 6.07) is 5.60. The monoisotopic (exact) mass is 498 g/mol. The van der Waals surface area contributed by atoms with E-state index < -0.39 is 40.8 Å². The van der Waals surface area contributed by atoms with E-state index in [1.54, 1.807) is 13.1 Å². The summed E-state index contributed by atoms with van der Waals surface area (Å²) in [6.45, 7) is 14.8. The first-order valence-electron chi connectivity index (χ1n) is 12.3. The Balaban J connectivity index is 2.34. The Morgan fingerprint density at radius 2 is 1.69 bits per heavy atom. The molecule has 0 aliphatic heterocycles. The number of amides is 2. The Kier molecular flexibility index (Phi) is 8.78. The minimum atomic E-state index is -1.03. The summed E-state index contributed by atoms with van der Waals surface area (Å²) in [4.78, 5) is 43.3. The lowest BCUT2D eigenvalue weighted by atomic mass is 9.77. The molecular weight excluding hydrogens is 456 g/mol. The summed E-state index contributed by atoms with van der Waals surface area (Å²) in [5.41, 5.74) is 7.24. The second-order valence-electron chi connectivity index (χ2n) is 11.6. The van der Waals surface area contributed by atoms with Gasteiger partial charge in [0.1, 0.15) is 6.04 Å². The molecule has 0 fully saturated rings. The summed E-state index contributed by atoms with van der Waals surface area (Å²) in [6.07, 6.45) is 3.46. The largest absolute Gasteiger partial charge is 0.478 e. The molecule has 0 saturated carbocycles. The maximum Gasteiger partial charge on any atom is 0.331 e. The average molecular weight is 499 g/mol. The number of rotatable bonds is 9. The van der Waals surface area contributed by atoms with E-state index in [4.69, 9.17) is 5.73 Å². The molecule has 1 aromatic heterocycles. The Hall–Kier alpha value is -3.13. The van der Waals surface area contributed by atoms with Crippen LogP contribution in [-0.2, 0) is 19.8 Å². The molecule has 198 valence electrons. The number of carboxylic acids is 1. The van der Waals surface area contributed by atoms with Crippen LogP contribution >= 0.6 is 0 Å². The van der Waals surface area contributed by atoms with E-state index in [0.717, 1.165) is 16.5 Å². The maximum atomic E-state index is 13.7. The minimum Gasteiger partial charge on any atom is -0.478 e. The number of aromatic nitrogens is 1. The topological polar surface area (TPSA) is 129 Å². The summed E-state index contributed by atoms with van der Waals surface area (Å²) in [7, 11) is 1.64. The number of benzene rings is 1. The number of hydrogen-bond donors (Lipinski definition) is 4. The molecular formula is C28H42N4O4. The Morgan fingerprint density at radius 1 is 1.11 bits per heavy atom. The van der Waals surface area contributed by atoms with Gasteiger partial charge in [0.05, 0.1) is 12.1 Å². The van der Waals surface area contributed by atoms with Crippen molar-refractivity contribution in [2.45, 2.75) is 78.9 Å².